The number of hydrogen-bond donors (Lipinski definition) is 0. The molecule has 0 atom stereocenters. The average molecular weight is 274 g/mol. The highest BCUT2D eigenvalue weighted by molar-refractivity contribution is 5.28. The zero-order chi connectivity index (χ0) is 13.8. The van der Waals surface area contributed by atoms with Crippen molar-refractivity contribution in [2.75, 3.05) is 33.3 Å². The van der Waals surface area contributed by atoms with Gasteiger partial charge >= 0.3 is 0 Å². The Bertz CT molecular complexity index is 421. The van der Waals surface area contributed by atoms with E-state index in [1.165, 1.54) is 57.4 Å². The first-order chi connectivity index (χ1) is 9.85. The average Bonchev–Trinajstić information content (AvgIpc) is 3.02. The van der Waals surface area contributed by atoms with E-state index >= 15 is 0 Å². The fourth-order valence-electron chi connectivity index (χ4n) is 3.58. The van der Waals surface area contributed by atoms with Crippen LogP contribution in [-0.2, 0) is 6.54 Å². The van der Waals surface area contributed by atoms with Gasteiger partial charge in [-0.15, -0.1) is 0 Å². The molecule has 2 saturated heterocycles. The summed E-state index contributed by atoms with van der Waals surface area (Å²) in [7, 11) is 1.74. The van der Waals surface area contributed by atoms with Gasteiger partial charge < -0.3 is 9.64 Å². The fraction of sp³-hybridized carbons (Fsp3) is 0.647. The van der Waals surface area contributed by atoms with Crippen LogP contribution in [0.15, 0.2) is 24.3 Å². The van der Waals surface area contributed by atoms with Crippen LogP contribution in [0, 0.1) is 0 Å². The van der Waals surface area contributed by atoms with Gasteiger partial charge in [0.15, 0.2) is 0 Å². The SMILES string of the molecule is COc1cccc(CN2CCC(N3CCCC3)CC2)c1. The van der Waals surface area contributed by atoms with Crippen LogP contribution in [0.5, 0.6) is 5.75 Å². The van der Waals surface area contributed by atoms with E-state index in [2.05, 4.69) is 28.0 Å². The molecule has 2 aliphatic heterocycles. The van der Waals surface area contributed by atoms with Gasteiger partial charge in [0.1, 0.15) is 5.75 Å². The predicted octanol–water partition coefficient (Wildman–Crippen LogP) is 2.76. The molecule has 3 heteroatoms. The van der Waals surface area contributed by atoms with Crippen LogP contribution in [0.3, 0.4) is 0 Å². The third-order valence-corrected chi connectivity index (χ3v) is 4.75. The van der Waals surface area contributed by atoms with Gasteiger partial charge in [-0.2, -0.15) is 0 Å². The molecule has 3 nitrogen and oxygen atoms in total. The van der Waals surface area contributed by atoms with Crippen molar-refractivity contribution in [3.8, 4) is 5.75 Å². The molecule has 20 heavy (non-hydrogen) atoms. The molecule has 2 heterocycles. The first-order valence-corrected chi connectivity index (χ1v) is 7.94. The monoisotopic (exact) mass is 274 g/mol. The molecule has 2 aliphatic rings. The number of piperidine rings is 1. The van der Waals surface area contributed by atoms with E-state index in [0.29, 0.717) is 0 Å². The van der Waals surface area contributed by atoms with Crippen molar-refractivity contribution < 1.29 is 4.74 Å². The molecule has 0 aromatic heterocycles. The topological polar surface area (TPSA) is 15.7 Å². The van der Waals surface area contributed by atoms with Gasteiger partial charge in [-0.3, -0.25) is 4.90 Å². The molecule has 0 spiro atoms. The van der Waals surface area contributed by atoms with Gasteiger partial charge in [-0.25, -0.2) is 0 Å². The molecule has 0 bridgehead atoms. The molecule has 0 N–H and O–H groups in total. The summed E-state index contributed by atoms with van der Waals surface area (Å²) in [4.78, 5) is 5.30. The first kappa shape index (κ1) is 13.9. The normalized spacial score (nSPS) is 22.2. The molecule has 1 aromatic rings. The van der Waals surface area contributed by atoms with Gasteiger partial charge in [0.2, 0.25) is 0 Å². The molecular weight excluding hydrogens is 248 g/mol. The Hall–Kier alpha value is -1.06. The van der Waals surface area contributed by atoms with Crippen molar-refractivity contribution in [3.05, 3.63) is 29.8 Å². The Kier molecular flexibility index (Phi) is 4.58. The summed E-state index contributed by atoms with van der Waals surface area (Å²) in [6.45, 7) is 6.20. The minimum atomic E-state index is 0.846. The minimum absolute atomic E-state index is 0.846. The number of benzene rings is 1. The smallest absolute Gasteiger partial charge is 0.119 e. The first-order valence-electron chi connectivity index (χ1n) is 7.94. The van der Waals surface area contributed by atoms with Crippen LogP contribution in [0.25, 0.3) is 0 Å². The van der Waals surface area contributed by atoms with Crippen molar-refractivity contribution in [2.24, 2.45) is 0 Å². The van der Waals surface area contributed by atoms with E-state index in [4.69, 9.17) is 4.74 Å². The van der Waals surface area contributed by atoms with Crippen LogP contribution in [0.4, 0.5) is 0 Å². The standard InChI is InChI=1S/C17H26N2O/c1-20-17-6-4-5-15(13-17)14-18-11-7-16(8-12-18)19-9-2-3-10-19/h4-6,13,16H,2-3,7-12,14H2,1H3. The molecule has 1 aromatic carbocycles. The van der Waals surface area contributed by atoms with Crippen molar-refractivity contribution in [1.82, 2.24) is 9.80 Å². The Morgan fingerprint density at radius 3 is 2.55 bits per heavy atom. The van der Waals surface area contributed by atoms with E-state index in [0.717, 1.165) is 18.3 Å². The van der Waals surface area contributed by atoms with Gasteiger partial charge in [0, 0.05) is 12.6 Å². The molecule has 2 fully saturated rings. The lowest BCUT2D eigenvalue weighted by Gasteiger charge is -2.36. The molecule has 3 rings (SSSR count). The maximum absolute atomic E-state index is 5.30. The number of methoxy groups -OCH3 is 1. The second-order valence-electron chi connectivity index (χ2n) is 6.10. The van der Waals surface area contributed by atoms with Crippen LogP contribution >= 0.6 is 0 Å². The maximum atomic E-state index is 5.30. The lowest BCUT2D eigenvalue weighted by atomic mass is 10.0. The Labute approximate surface area is 122 Å². The molecule has 0 aliphatic carbocycles. The lowest BCUT2D eigenvalue weighted by Crippen LogP contribution is -2.43. The number of hydrogen-bond acceptors (Lipinski definition) is 3. The molecule has 0 amide bonds. The molecule has 0 unspecified atom stereocenters. The van der Waals surface area contributed by atoms with Crippen molar-refractivity contribution in [3.63, 3.8) is 0 Å². The van der Waals surface area contributed by atoms with E-state index in [1.54, 1.807) is 7.11 Å². The van der Waals surface area contributed by atoms with E-state index in [1.807, 2.05) is 6.07 Å². The second kappa shape index (κ2) is 6.59. The predicted molar refractivity (Wildman–Crippen MR) is 82.1 cm³/mol. The number of nitrogens with zero attached hydrogens (tertiary/aromatic N) is 2. The van der Waals surface area contributed by atoms with Crippen LogP contribution in [0.1, 0.15) is 31.2 Å². The number of ether oxygens (including phenoxy) is 1. The van der Waals surface area contributed by atoms with Crippen LogP contribution in [0.2, 0.25) is 0 Å². The van der Waals surface area contributed by atoms with Crippen molar-refractivity contribution in [2.45, 2.75) is 38.3 Å². The molecule has 0 radical (unpaired) electrons. The third-order valence-electron chi connectivity index (χ3n) is 4.75. The van der Waals surface area contributed by atoms with E-state index in [-0.39, 0.29) is 0 Å². The fourth-order valence-corrected chi connectivity index (χ4v) is 3.58. The molecular formula is C17H26N2O. The highest BCUT2D eigenvalue weighted by Crippen LogP contribution is 2.22. The van der Waals surface area contributed by atoms with E-state index in [9.17, 15) is 0 Å². The highest BCUT2D eigenvalue weighted by Gasteiger charge is 2.26. The Morgan fingerprint density at radius 1 is 1.10 bits per heavy atom. The Balaban J connectivity index is 1.50. The lowest BCUT2D eigenvalue weighted by molar-refractivity contribution is 0.122. The maximum Gasteiger partial charge on any atom is 0.119 e. The zero-order valence-corrected chi connectivity index (χ0v) is 12.6. The summed E-state index contributed by atoms with van der Waals surface area (Å²) in [6, 6.07) is 9.31. The van der Waals surface area contributed by atoms with Gasteiger partial charge in [-0.05, 0) is 69.6 Å². The highest BCUT2D eigenvalue weighted by atomic mass is 16.5. The summed E-state index contributed by atoms with van der Waals surface area (Å²) in [5.74, 6) is 0.967. The van der Waals surface area contributed by atoms with Crippen LogP contribution < -0.4 is 4.74 Å². The van der Waals surface area contributed by atoms with E-state index < -0.39 is 0 Å². The van der Waals surface area contributed by atoms with Gasteiger partial charge in [0.05, 0.1) is 7.11 Å². The quantitative estimate of drug-likeness (QED) is 0.839. The van der Waals surface area contributed by atoms with Gasteiger partial charge in [0.25, 0.3) is 0 Å². The molecule has 0 saturated carbocycles. The van der Waals surface area contributed by atoms with Gasteiger partial charge in [-0.1, -0.05) is 12.1 Å². The second-order valence-corrected chi connectivity index (χ2v) is 6.10. The van der Waals surface area contributed by atoms with Crippen molar-refractivity contribution >= 4 is 0 Å². The largest absolute Gasteiger partial charge is 0.497 e. The summed E-state index contributed by atoms with van der Waals surface area (Å²) in [5.41, 5.74) is 1.36. The summed E-state index contributed by atoms with van der Waals surface area (Å²) in [6.07, 6.45) is 5.49. The number of rotatable bonds is 4. The summed E-state index contributed by atoms with van der Waals surface area (Å²) < 4.78 is 5.30. The molecule has 110 valence electrons. The van der Waals surface area contributed by atoms with Crippen molar-refractivity contribution in [1.29, 1.82) is 0 Å². The summed E-state index contributed by atoms with van der Waals surface area (Å²) >= 11 is 0. The minimum Gasteiger partial charge on any atom is -0.497 e. The van der Waals surface area contributed by atoms with Crippen LogP contribution in [-0.4, -0.2) is 49.1 Å². The number of likely N-dealkylation sites (tertiary alicyclic amines) is 2. The summed E-state index contributed by atoms with van der Waals surface area (Å²) in [5, 5.41) is 0. The zero-order valence-electron chi connectivity index (χ0n) is 12.6. The Morgan fingerprint density at radius 2 is 1.85 bits per heavy atom. The third kappa shape index (κ3) is 3.33.